The Morgan fingerprint density at radius 3 is 2.60 bits per heavy atom. The molecular weight excluding hydrogens is 358 g/mol. The van der Waals surface area contributed by atoms with E-state index in [-0.39, 0.29) is 18.1 Å². The van der Waals surface area contributed by atoms with Crippen molar-refractivity contribution in [2.45, 2.75) is 11.7 Å². The van der Waals surface area contributed by atoms with Crippen LogP contribution < -0.4 is 5.32 Å². The number of rotatable bonds is 5. The molecule has 0 bridgehead atoms. The molecule has 0 aliphatic carbocycles. The standard InChI is InChI=1S/C18H14ClN3O2S/c19-14-8-6-13(7-9-14)15(23)10-16-17(24)21-18(25-16)22-20-11-12-4-2-1-3-5-12/h1-9,11,16H,10H2,(H,21,22,24)/b20-11-/t16-/m0/s1. The van der Waals surface area contributed by atoms with Gasteiger partial charge in [-0.15, -0.1) is 5.10 Å². The highest BCUT2D eigenvalue weighted by atomic mass is 35.5. The van der Waals surface area contributed by atoms with Crippen molar-refractivity contribution >= 4 is 46.4 Å². The van der Waals surface area contributed by atoms with Crippen LogP contribution in [-0.2, 0) is 4.79 Å². The van der Waals surface area contributed by atoms with Gasteiger partial charge in [-0.05, 0) is 29.8 Å². The lowest BCUT2D eigenvalue weighted by molar-refractivity contribution is -0.118. The van der Waals surface area contributed by atoms with E-state index in [1.807, 2.05) is 30.3 Å². The van der Waals surface area contributed by atoms with E-state index in [0.717, 1.165) is 5.56 Å². The van der Waals surface area contributed by atoms with Crippen LogP contribution in [0.15, 0.2) is 64.8 Å². The van der Waals surface area contributed by atoms with Gasteiger partial charge in [0.1, 0.15) is 0 Å². The Labute approximate surface area is 154 Å². The minimum Gasteiger partial charge on any atom is -0.303 e. The largest absolute Gasteiger partial charge is 0.303 e. The number of Topliss-reactive ketones (excluding diaryl/α,β-unsaturated/α-hetero) is 1. The summed E-state index contributed by atoms with van der Waals surface area (Å²) < 4.78 is 0. The fourth-order valence-corrected chi connectivity index (χ4v) is 3.25. The van der Waals surface area contributed by atoms with Crippen LogP contribution in [0.5, 0.6) is 0 Å². The molecule has 1 aliphatic rings. The molecule has 126 valence electrons. The van der Waals surface area contributed by atoms with Crippen molar-refractivity contribution in [1.82, 2.24) is 5.32 Å². The van der Waals surface area contributed by atoms with Gasteiger partial charge in [0.2, 0.25) is 5.91 Å². The lowest BCUT2D eigenvalue weighted by Crippen LogP contribution is -2.26. The number of carbonyl (C=O) groups is 2. The van der Waals surface area contributed by atoms with Gasteiger partial charge in [-0.1, -0.05) is 53.7 Å². The molecular formula is C18H14ClN3O2S. The summed E-state index contributed by atoms with van der Waals surface area (Å²) in [6.07, 6.45) is 1.70. The van der Waals surface area contributed by atoms with Crippen molar-refractivity contribution in [3.05, 3.63) is 70.7 Å². The highest BCUT2D eigenvalue weighted by Gasteiger charge is 2.32. The van der Waals surface area contributed by atoms with Gasteiger partial charge in [0.25, 0.3) is 0 Å². The summed E-state index contributed by atoms with van der Waals surface area (Å²) in [4.78, 5) is 24.3. The Balaban J connectivity index is 1.60. The number of halogens is 1. The lowest BCUT2D eigenvalue weighted by atomic mass is 10.1. The van der Waals surface area contributed by atoms with Gasteiger partial charge in [-0.2, -0.15) is 5.10 Å². The van der Waals surface area contributed by atoms with Crippen LogP contribution in [0, 0.1) is 0 Å². The molecule has 1 heterocycles. The SMILES string of the molecule is O=C(C[C@@H]1S/C(=N\N=C/c2ccccc2)NC1=O)c1ccc(Cl)cc1. The molecule has 25 heavy (non-hydrogen) atoms. The summed E-state index contributed by atoms with van der Waals surface area (Å²) in [6.45, 7) is 0. The Kier molecular flexibility index (Phi) is 5.63. The molecule has 1 aliphatic heterocycles. The van der Waals surface area contributed by atoms with E-state index in [9.17, 15) is 9.59 Å². The van der Waals surface area contributed by atoms with Gasteiger partial charge < -0.3 is 5.32 Å². The number of amidine groups is 1. The monoisotopic (exact) mass is 371 g/mol. The molecule has 1 N–H and O–H groups in total. The second kappa shape index (κ2) is 8.09. The van der Waals surface area contributed by atoms with Gasteiger partial charge >= 0.3 is 0 Å². The Morgan fingerprint density at radius 1 is 1.16 bits per heavy atom. The quantitative estimate of drug-likeness (QED) is 0.496. The third kappa shape index (κ3) is 4.78. The van der Waals surface area contributed by atoms with Crippen LogP contribution in [0.1, 0.15) is 22.3 Å². The number of nitrogens with one attached hydrogen (secondary N) is 1. The number of benzene rings is 2. The summed E-state index contributed by atoms with van der Waals surface area (Å²) in [5.74, 6) is -0.348. The molecule has 7 heteroatoms. The molecule has 0 aromatic heterocycles. The van der Waals surface area contributed by atoms with Crippen LogP contribution in [0.4, 0.5) is 0 Å². The Hall–Kier alpha value is -2.44. The third-order valence-corrected chi connectivity index (χ3v) is 4.79. The van der Waals surface area contributed by atoms with Crippen LogP contribution >= 0.6 is 23.4 Å². The Morgan fingerprint density at radius 2 is 1.88 bits per heavy atom. The van der Waals surface area contributed by atoms with Gasteiger partial charge in [0.05, 0.1) is 11.5 Å². The first kappa shape index (κ1) is 17.4. The molecule has 1 atom stereocenters. The average Bonchev–Trinajstić information content (AvgIpc) is 2.96. The fraction of sp³-hybridized carbons (Fsp3) is 0.111. The van der Waals surface area contributed by atoms with Crippen LogP contribution in [0.3, 0.4) is 0 Å². The predicted molar refractivity (Wildman–Crippen MR) is 101 cm³/mol. The highest BCUT2D eigenvalue weighted by molar-refractivity contribution is 8.15. The summed E-state index contributed by atoms with van der Waals surface area (Å²) in [5, 5.41) is 11.1. The molecule has 3 rings (SSSR count). The van der Waals surface area contributed by atoms with E-state index < -0.39 is 5.25 Å². The van der Waals surface area contributed by atoms with E-state index in [2.05, 4.69) is 15.5 Å². The number of amides is 1. The maximum absolute atomic E-state index is 12.3. The van der Waals surface area contributed by atoms with E-state index in [0.29, 0.717) is 15.8 Å². The summed E-state index contributed by atoms with van der Waals surface area (Å²) in [5.41, 5.74) is 1.45. The predicted octanol–water partition coefficient (Wildman–Crippen LogP) is 3.53. The molecule has 0 saturated carbocycles. The summed E-state index contributed by atoms with van der Waals surface area (Å²) in [7, 11) is 0. The van der Waals surface area contributed by atoms with Crippen molar-refractivity contribution in [3.63, 3.8) is 0 Å². The molecule has 1 saturated heterocycles. The van der Waals surface area contributed by atoms with Gasteiger partial charge in [0.15, 0.2) is 11.0 Å². The molecule has 1 fully saturated rings. The van der Waals surface area contributed by atoms with E-state index in [1.54, 1.807) is 30.5 Å². The first-order valence-corrected chi connectivity index (χ1v) is 8.80. The van der Waals surface area contributed by atoms with Gasteiger partial charge in [0, 0.05) is 17.0 Å². The second-order valence-corrected chi connectivity index (χ2v) is 6.92. The molecule has 0 spiro atoms. The van der Waals surface area contributed by atoms with Gasteiger partial charge in [-0.25, -0.2) is 0 Å². The number of ketones is 1. The molecule has 5 nitrogen and oxygen atoms in total. The van der Waals surface area contributed by atoms with E-state index >= 15 is 0 Å². The maximum atomic E-state index is 12.3. The normalized spacial score (nSPS) is 18.7. The van der Waals surface area contributed by atoms with Gasteiger partial charge in [-0.3, -0.25) is 9.59 Å². The maximum Gasteiger partial charge on any atom is 0.240 e. The van der Waals surface area contributed by atoms with E-state index in [4.69, 9.17) is 11.6 Å². The van der Waals surface area contributed by atoms with Crippen molar-refractivity contribution < 1.29 is 9.59 Å². The second-order valence-electron chi connectivity index (χ2n) is 5.29. The third-order valence-electron chi connectivity index (χ3n) is 3.47. The highest BCUT2D eigenvalue weighted by Crippen LogP contribution is 2.24. The first-order chi connectivity index (χ1) is 12.1. The smallest absolute Gasteiger partial charge is 0.240 e. The number of hydrogen-bond acceptors (Lipinski definition) is 5. The average molecular weight is 372 g/mol. The van der Waals surface area contributed by atoms with Crippen molar-refractivity contribution in [3.8, 4) is 0 Å². The number of thioether (sulfide) groups is 1. The molecule has 2 aromatic carbocycles. The number of hydrogen-bond donors (Lipinski definition) is 1. The number of carbonyl (C=O) groups excluding carboxylic acids is 2. The zero-order valence-electron chi connectivity index (χ0n) is 13.1. The number of nitrogens with zero attached hydrogens (tertiary/aromatic N) is 2. The minimum atomic E-state index is -0.506. The van der Waals surface area contributed by atoms with Crippen molar-refractivity contribution in [2.24, 2.45) is 10.2 Å². The summed E-state index contributed by atoms with van der Waals surface area (Å²) >= 11 is 7.02. The van der Waals surface area contributed by atoms with Crippen LogP contribution in [0.2, 0.25) is 5.02 Å². The lowest BCUT2D eigenvalue weighted by Gasteiger charge is -2.04. The zero-order chi connectivity index (χ0) is 17.6. The molecule has 0 radical (unpaired) electrons. The molecule has 1 amide bonds. The first-order valence-electron chi connectivity index (χ1n) is 7.54. The van der Waals surface area contributed by atoms with E-state index in [1.165, 1.54) is 11.8 Å². The van der Waals surface area contributed by atoms with Crippen molar-refractivity contribution in [2.75, 3.05) is 0 Å². The topological polar surface area (TPSA) is 70.9 Å². The molecule has 0 unspecified atom stereocenters. The van der Waals surface area contributed by atoms with Crippen LogP contribution in [0.25, 0.3) is 0 Å². The fourth-order valence-electron chi connectivity index (χ4n) is 2.20. The molecule has 2 aromatic rings. The Bertz CT molecular complexity index is 835. The minimum absolute atomic E-state index is 0.0968. The zero-order valence-corrected chi connectivity index (χ0v) is 14.6. The van der Waals surface area contributed by atoms with Crippen molar-refractivity contribution in [1.29, 1.82) is 0 Å². The summed E-state index contributed by atoms with van der Waals surface area (Å²) in [6, 6.07) is 16.1. The van der Waals surface area contributed by atoms with Crippen LogP contribution in [-0.4, -0.2) is 28.3 Å².